The van der Waals surface area contributed by atoms with Crippen LogP contribution in [0.5, 0.6) is 5.88 Å². The third-order valence-electron chi connectivity index (χ3n) is 8.18. The fourth-order valence-electron chi connectivity index (χ4n) is 5.49. The molecule has 5 rings (SSSR count). The Bertz CT molecular complexity index is 1310. The summed E-state index contributed by atoms with van der Waals surface area (Å²) in [4.78, 5) is 58.9. The van der Waals surface area contributed by atoms with Gasteiger partial charge in [-0.25, -0.2) is 4.98 Å². The van der Waals surface area contributed by atoms with Gasteiger partial charge in [-0.3, -0.25) is 19.2 Å². The smallest absolute Gasteiger partial charge is 0.457 e. The van der Waals surface area contributed by atoms with Gasteiger partial charge in [-0.2, -0.15) is 18.4 Å². The van der Waals surface area contributed by atoms with Crippen molar-refractivity contribution in [3.63, 3.8) is 0 Å². The number of nitriles is 1. The van der Waals surface area contributed by atoms with Crippen molar-refractivity contribution in [1.29, 1.82) is 5.26 Å². The van der Waals surface area contributed by atoms with E-state index >= 15 is 0 Å². The van der Waals surface area contributed by atoms with Crippen molar-refractivity contribution >= 4 is 29.3 Å². The van der Waals surface area contributed by atoms with Gasteiger partial charge < -0.3 is 25.2 Å². The number of carbonyl (C=O) groups excluding carboxylic acids is 4. The Labute approximate surface area is 234 Å². The number of alkyl halides is 3. The summed E-state index contributed by atoms with van der Waals surface area (Å²) in [5, 5.41) is 14.5. The van der Waals surface area contributed by atoms with Crippen LogP contribution in [-0.4, -0.2) is 81.9 Å². The highest BCUT2D eigenvalue weighted by atomic mass is 19.4. The van der Waals surface area contributed by atoms with Gasteiger partial charge in [0, 0.05) is 19.7 Å². The number of carbonyl (C=O) groups is 4. The first-order valence-corrected chi connectivity index (χ1v) is 13.6. The van der Waals surface area contributed by atoms with Crippen molar-refractivity contribution in [2.75, 3.05) is 18.9 Å². The Morgan fingerprint density at radius 1 is 1.27 bits per heavy atom. The molecular weight excluding hydrogens is 545 g/mol. The van der Waals surface area contributed by atoms with Crippen molar-refractivity contribution in [1.82, 2.24) is 20.1 Å². The Morgan fingerprint density at radius 2 is 1.93 bits per heavy atom. The lowest BCUT2D eigenvalue weighted by Gasteiger charge is -2.35. The number of likely N-dealkylation sites (N-methyl/N-ethyl adjacent to an activating group) is 1. The highest BCUT2D eigenvalue weighted by Gasteiger charge is 2.57. The second-order valence-corrected chi connectivity index (χ2v) is 11.6. The van der Waals surface area contributed by atoms with Crippen LogP contribution >= 0.6 is 0 Å². The van der Waals surface area contributed by atoms with Crippen LogP contribution in [0.25, 0.3) is 0 Å². The first-order valence-electron chi connectivity index (χ1n) is 13.6. The predicted octanol–water partition coefficient (Wildman–Crippen LogP) is 2.06. The quantitative estimate of drug-likeness (QED) is 0.482. The molecule has 14 heteroatoms. The number of hydrogen-bond acceptors (Lipinski definition) is 7. The number of rotatable bonds is 8. The van der Waals surface area contributed by atoms with E-state index in [4.69, 9.17) is 4.74 Å². The van der Waals surface area contributed by atoms with Gasteiger partial charge in [0.05, 0.1) is 12.6 Å². The predicted molar refractivity (Wildman–Crippen MR) is 136 cm³/mol. The van der Waals surface area contributed by atoms with Gasteiger partial charge in [-0.05, 0) is 43.2 Å². The lowest BCUT2D eigenvalue weighted by molar-refractivity contribution is -0.175. The van der Waals surface area contributed by atoms with Gasteiger partial charge in [-0.15, -0.1) is 0 Å². The second kappa shape index (κ2) is 10.5. The Morgan fingerprint density at radius 3 is 2.54 bits per heavy atom. The maximum absolute atomic E-state index is 14.0. The number of amides is 4. The highest BCUT2D eigenvalue weighted by Crippen LogP contribution is 2.41. The van der Waals surface area contributed by atoms with E-state index in [0.29, 0.717) is 5.69 Å². The minimum absolute atomic E-state index is 0.00659. The van der Waals surface area contributed by atoms with Crippen molar-refractivity contribution in [2.24, 2.45) is 11.8 Å². The Kier molecular flexibility index (Phi) is 7.33. The average molecular weight is 577 g/mol. The van der Waals surface area contributed by atoms with E-state index in [2.05, 4.69) is 16.4 Å². The SMILES string of the molecule is Cc1cnc2c(c1)NC(=O)[C@]1(C[C@@H](C#N)N(C(=O)C(CC3CC3)N(C)C(=O)C(CC3CC3)NC(=O)C(F)(F)F)C1)O2. The van der Waals surface area contributed by atoms with Crippen molar-refractivity contribution in [3.8, 4) is 11.9 Å². The number of aromatic nitrogens is 1. The van der Waals surface area contributed by atoms with Gasteiger partial charge in [-0.1, -0.05) is 25.7 Å². The first-order chi connectivity index (χ1) is 19.3. The molecule has 1 aromatic heterocycles. The van der Waals surface area contributed by atoms with E-state index in [-0.39, 0.29) is 43.5 Å². The van der Waals surface area contributed by atoms with Crippen molar-refractivity contribution in [2.45, 2.75) is 81.8 Å². The highest BCUT2D eigenvalue weighted by molar-refractivity contribution is 6.02. The van der Waals surface area contributed by atoms with Gasteiger partial charge >= 0.3 is 12.1 Å². The second-order valence-electron chi connectivity index (χ2n) is 11.6. The number of likely N-dealkylation sites (tertiary alicyclic amines) is 1. The van der Waals surface area contributed by atoms with E-state index < -0.39 is 53.5 Å². The van der Waals surface area contributed by atoms with Crippen LogP contribution in [-0.2, 0) is 19.2 Å². The van der Waals surface area contributed by atoms with Crippen LogP contribution in [0.15, 0.2) is 12.3 Å². The molecule has 0 bridgehead atoms. The standard InChI is InChI=1S/C27H31F3N6O5/c1-14-7-18-21(32-12-14)41-26(24(39)33-18)10-17(11-31)36(13-26)23(38)20(9-16-5-6-16)35(2)22(37)19(8-15-3-4-15)34-25(40)27(28,29)30/h7,12,15-17,19-20H,3-6,8-10,13H2,1-2H3,(H,33,39)(H,34,40)/t17-,19?,20?,26+/m0/s1. The number of anilines is 1. The number of hydrogen-bond donors (Lipinski definition) is 2. The van der Waals surface area contributed by atoms with Gasteiger partial charge in [0.1, 0.15) is 23.8 Å². The zero-order valence-electron chi connectivity index (χ0n) is 22.7. The van der Waals surface area contributed by atoms with E-state index in [1.807, 2.05) is 5.32 Å². The summed E-state index contributed by atoms with van der Waals surface area (Å²) >= 11 is 0. The number of fused-ring (bicyclic) bond motifs is 1. The van der Waals surface area contributed by atoms with Gasteiger partial charge in [0.25, 0.3) is 5.91 Å². The first kappa shape index (κ1) is 28.6. The molecule has 1 spiro atoms. The number of ether oxygens (including phenoxy) is 1. The molecule has 41 heavy (non-hydrogen) atoms. The zero-order valence-corrected chi connectivity index (χ0v) is 22.7. The fourth-order valence-corrected chi connectivity index (χ4v) is 5.49. The molecule has 4 aliphatic rings. The molecule has 0 radical (unpaired) electrons. The maximum Gasteiger partial charge on any atom is 0.471 e. The van der Waals surface area contributed by atoms with Gasteiger partial charge in [0.15, 0.2) is 0 Å². The summed E-state index contributed by atoms with van der Waals surface area (Å²) in [5.74, 6) is -3.88. The zero-order chi connectivity index (χ0) is 29.7. The largest absolute Gasteiger partial charge is 0.471 e. The molecule has 2 aliphatic carbocycles. The van der Waals surface area contributed by atoms with Crippen molar-refractivity contribution in [3.05, 3.63) is 17.8 Å². The summed E-state index contributed by atoms with van der Waals surface area (Å²) in [6.45, 7) is 1.53. The van der Waals surface area contributed by atoms with Crippen LogP contribution in [0, 0.1) is 30.1 Å². The van der Waals surface area contributed by atoms with Crippen LogP contribution in [0.1, 0.15) is 50.5 Å². The van der Waals surface area contributed by atoms with E-state index in [0.717, 1.165) is 36.1 Å². The molecule has 1 saturated heterocycles. The minimum Gasteiger partial charge on any atom is -0.457 e. The molecule has 2 saturated carbocycles. The average Bonchev–Trinajstić information content (AvgIpc) is 3.85. The molecule has 0 aromatic carbocycles. The molecule has 3 fully saturated rings. The minimum atomic E-state index is -5.17. The summed E-state index contributed by atoms with van der Waals surface area (Å²) in [7, 11) is 1.33. The third-order valence-corrected chi connectivity index (χ3v) is 8.18. The molecule has 4 atom stereocenters. The van der Waals surface area contributed by atoms with Crippen LogP contribution in [0.3, 0.4) is 0 Å². The number of nitrogens with zero attached hydrogens (tertiary/aromatic N) is 4. The maximum atomic E-state index is 14.0. The van der Waals surface area contributed by atoms with E-state index in [1.165, 1.54) is 11.9 Å². The number of nitrogens with one attached hydrogen (secondary N) is 2. The summed E-state index contributed by atoms with van der Waals surface area (Å²) < 4.78 is 45.1. The molecule has 11 nitrogen and oxygen atoms in total. The fraction of sp³-hybridized carbons (Fsp3) is 0.630. The lowest BCUT2D eigenvalue weighted by Crippen LogP contribution is -2.58. The van der Waals surface area contributed by atoms with Crippen LogP contribution in [0.4, 0.5) is 18.9 Å². The Hall–Kier alpha value is -3.89. The summed E-state index contributed by atoms with van der Waals surface area (Å²) in [6.07, 6.45) is -0.353. The summed E-state index contributed by atoms with van der Waals surface area (Å²) in [6, 6.07) is 0.124. The molecule has 3 heterocycles. The lowest BCUT2D eigenvalue weighted by atomic mass is 9.97. The molecule has 220 valence electrons. The molecule has 2 N–H and O–H groups in total. The number of pyridine rings is 1. The monoisotopic (exact) mass is 576 g/mol. The molecule has 2 unspecified atom stereocenters. The Balaban J connectivity index is 1.38. The normalized spacial score (nSPS) is 24.9. The van der Waals surface area contributed by atoms with E-state index in [1.54, 1.807) is 19.2 Å². The molecule has 4 amide bonds. The topological polar surface area (TPSA) is 145 Å². The molecule has 1 aromatic rings. The van der Waals surface area contributed by atoms with E-state index in [9.17, 15) is 37.6 Å². The van der Waals surface area contributed by atoms with Gasteiger partial charge in [0.2, 0.25) is 23.3 Å². The molecular formula is C27H31F3N6O5. The third kappa shape index (κ3) is 5.94. The number of aryl methyl sites for hydroxylation is 1. The molecule has 2 aliphatic heterocycles. The summed E-state index contributed by atoms with van der Waals surface area (Å²) in [5.41, 5.74) is -0.407. The van der Waals surface area contributed by atoms with Crippen LogP contribution < -0.4 is 15.4 Å². The number of halogens is 3. The van der Waals surface area contributed by atoms with Crippen molar-refractivity contribution < 1.29 is 37.1 Å². The van der Waals surface area contributed by atoms with Crippen LogP contribution in [0.2, 0.25) is 0 Å².